The van der Waals surface area contributed by atoms with Gasteiger partial charge in [0.1, 0.15) is 0 Å². The minimum Gasteiger partial charge on any atom is -0.469 e. The molecule has 4 nitrogen and oxygen atoms in total. The first kappa shape index (κ1) is 12.5. The lowest BCUT2D eigenvalue weighted by atomic mass is 10.0. The molecule has 0 aromatic carbocycles. The lowest BCUT2D eigenvalue weighted by Gasteiger charge is -2.22. The highest BCUT2D eigenvalue weighted by Gasteiger charge is 2.16. The van der Waals surface area contributed by atoms with Crippen LogP contribution in [0.25, 0.3) is 0 Å². The van der Waals surface area contributed by atoms with E-state index >= 15 is 0 Å². The SMILES string of the molecule is COC(=O)C(C)COCC1CCOCC1. The molecule has 0 spiro atoms. The van der Waals surface area contributed by atoms with Crippen molar-refractivity contribution in [1.29, 1.82) is 0 Å². The molecule has 0 aromatic rings. The Kier molecular flexibility index (Phi) is 5.65. The van der Waals surface area contributed by atoms with Crippen LogP contribution < -0.4 is 0 Å². The largest absolute Gasteiger partial charge is 0.469 e. The van der Waals surface area contributed by atoms with Crippen molar-refractivity contribution in [3.63, 3.8) is 0 Å². The van der Waals surface area contributed by atoms with Crippen LogP contribution in [0.4, 0.5) is 0 Å². The first-order valence-electron chi connectivity index (χ1n) is 5.47. The van der Waals surface area contributed by atoms with Gasteiger partial charge in [0.15, 0.2) is 0 Å². The number of ether oxygens (including phenoxy) is 3. The molecule has 4 heteroatoms. The third-order valence-electron chi connectivity index (χ3n) is 2.67. The molecule has 88 valence electrons. The van der Waals surface area contributed by atoms with Gasteiger partial charge in [-0.05, 0) is 25.7 Å². The van der Waals surface area contributed by atoms with E-state index < -0.39 is 0 Å². The van der Waals surface area contributed by atoms with Crippen molar-refractivity contribution >= 4 is 5.97 Å². The number of esters is 1. The molecule has 1 rings (SSSR count). The van der Waals surface area contributed by atoms with Crippen LogP contribution >= 0.6 is 0 Å². The molecular formula is C11H20O4. The van der Waals surface area contributed by atoms with E-state index in [9.17, 15) is 4.79 Å². The Labute approximate surface area is 90.9 Å². The molecule has 0 saturated carbocycles. The molecule has 0 bridgehead atoms. The Morgan fingerprint density at radius 3 is 2.73 bits per heavy atom. The lowest BCUT2D eigenvalue weighted by molar-refractivity contribution is -0.147. The summed E-state index contributed by atoms with van der Waals surface area (Å²) in [5, 5.41) is 0. The number of rotatable bonds is 5. The van der Waals surface area contributed by atoms with Crippen molar-refractivity contribution in [2.24, 2.45) is 11.8 Å². The summed E-state index contributed by atoms with van der Waals surface area (Å²) in [5.74, 6) is 0.209. The molecule has 0 N–H and O–H groups in total. The highest BCUT2D eigenvalue weighted by molar-refractivity contribution is 5.71. The van der Waals surface area contributed by atoms with Crippen molar-refractivity contribution in [1.82, 2.24) is 0 Å². The first-order valence-corrected chi connectivity index (χ1v) is 5.47. The van der Waals surface area contributed by atoms with Crippen molar-refractivity contribution in [3.8, 4) is 0 Å². The zero-order valence-electron chi connectivity index (χ0n) is 9.53. The van der Waals surface area contributed by atoms with Gasteiger partial charge in [-0.3, -0.25) is 4.79 Å². The van der Waals surface area contributed by atoms with E-state index in [1.54, 1.807) is 0 Å². The molecule has 0 radical (unpaired) electrons. The Bertz CT molecular complexity index is 187. The molecule has 1 aliphatic heterocycles. The minimum absolute atomic E-state index is 0.171. The van der Waals surface area contributed by atoms with Crippen molar-refractivity contribution in [3.05, 3.63) is 0 Å². The third kappa shape index (κ3) is 4.62. The molecule has 1 fully saturated rings. The van der Waals surface area contributed by atoms with E-state index in [4.69, 9.17) is 9.47 Å². The zero-order valence-corrected chi connectivity index (χ0v) is 9.53. The van der Waals surface area contributed by atoms with Gasteiger partial charge >= 0.3 is 5.97 Å². The Hall–Kier alpha value is -0.610. The van der Waals surface area contributed by atoms with Crippen LogP contribution in [0.3, 0.4) is 0 Å². The molecule has 0 aromatic heterocycles. The van der Waals surface area contributed by atoms with E-state index in [-0.39, 0.29) is 11.9 Å². The summed E-state index contributed by atoms with van der Waals surface area (Å²) in [6.45, 7) is 4.66. The van der Waals surface area contributed by atoms with Crippen LogP contribution in [-0.2, 0) is 19.0 Å². The van der Waals surface area contributed by atoms with Crippen LogP contribution in [-0.4, -0.2) is 39.5 Å². The quantitative estimate of drug-likeness (QED) is 0.649. The number of hydrogen-bond acceptors (Lipinski definition) is 4. The fourth-order valence-electron chi connectivity index (χ4n) is 1.59. The molecule has 0 amide bonds. The van der Waals surface area contributed by atoms with E-state index in [1.807, 2.05) is 6.92 Å². The maximum atomic E-state index is 11.1. The van der Waals surface area contributed by atoms with E-state index in [0.717, 1.165) is 32.7 Å². The fourth-order valence-corrected chi connectivity index (χ4v) is 1.59. The summed E-state index contributed by atoms with van der Waals surface area (Å²) >= 11 is 0. The Morgan fingerprint density at radius 1 is 1.47 bits per heavy atom. The Morgan fingerprint density at radius 2 is 2.13 bits per heavy atom. The van der Waals surface area contributed by atoms with Gasteiger partial charge in [0.05, 0.1) is 19.6 Å². The molecule has 0 aliphatic carbocycles. The Balaban J connectivity index is 2.07. The summed E-state index contributed by atoms with van der Waals surface area (Å²) in [6, 6.07) is 0. The fraction of sp³-hybridized carbons (Fsp3) is 0.909. The first-order chi connectivity index (χ1) is 7.24. The van der Waals surface area contributed by atoms with Crippen molar-refractivity contribution in [2.75, 3.05) is 33.5 Å². The number of carbonyl (C=O) groups is 1. The van der Waals surface area contributed by atoms with Crippen LogP contribution in [0, 0.1) is 11.8 Å². The van der Waals surface area contributed by atoms with Crippen LogP contribution in [0.15, 0.2) is 0 Å². The van der Waals surface area contributed by atoms with Gasteiger partial charge in [-0.25, -0.2) is 0 Å². The van der Waals surface area contributed by atoms with Gasteiger partial charge in [0.25, 0.3) is 0 Å². The van der Waals surface area contributed by atoms with E-state index in [0.29, 0.717) is 12.5 Å². The predicted octanol–water partition coefficient (Wildman–Crippen LogP) is 1.24. The molecule has 1 atom stereocenters. The van der Waals surface area contributed by atoms with E-state index in [1.165, 1.54) is 7.11 Å². The highest BCUT2D eigenvalue weighted by atomic mass is 16.5. The average Bonchev–Trinajstić information content (AvgIpc) is 2.29. The molecule has 15 heavy (non-hydrogen) atoms. The van der Waals surface area contributed by atoms with Gasteiger partial charge in [-0.2, -0.15) is 0 Å². The molecular weight excluding hydrogens is 196 g/mol. The van der Waals surface area contributed by atoms with Gasteiger partial charge < -0.3 is 14.2 Å². The number of methoxy groups -OCH3 is 1. The standard InChI is InChI=1S/C11H20O4/c1-9(11(12)13-2)7-15-8-10-3-5-14-6-4-10/h9-10H,3-8H2,1-2H3. The van der Waals surface area contributed by atoms with Crippen LogP contribution in [0.5, 0.6) is 0 Å². The predicted molar refractivity (Wildman–Crippen MR) is 55.5 cm³/mol. The summed E-state index contributed by atoms with van der Waals surface area (Å²) in [5.41, 5.74) is 0. The summed E-state index contributed by atoms with van der Waals surface area (Å²) < 4.78 is 15.4. The maximum Gasteiger partial charge on any atom is 0.310 e. The van der Waals surface area contributed by atoms with Gasteiger partial charge in [0.2, 0.25) is 0 Å². The number of hydrogen-bond donors (Lipinski definition) is 0. The van der Waals surface area contributed by atoms with Crippen LogP contribution in [0.2, 0.25) is 0 Å². The molecule has 1 aliphatic rings. The zero-order chi connectivity index (χ0) is 11.1. The second kappa shape index (κ2) is 6.80. The normalized spacial score (nSPS) is 19.9. The molecule has 1 saturated heterocycles. The lowest BCUT2D eigenvalue weighted by Crippen LogP contribution is -2.23. The number of carbonyl (C=O) groups excluding carboxylic acids is 1. The smallest absolute Gasteiger partial charge is 0.310 e. The minimum atomic E-state index is -0.207. The summed E-state index contributed by atoms with van der Waals surface area (Å²) in [4.78, 5) is 11.1. The van der Waals surface area contributed by atoms with E-state index in [2.05, 4.69) is 4.74 Å². The molecule has 1 unspecified atom stereocenters. The summed E-state index contributed by atoms with van der Waals surface area (Å²) in [6.07, 6.45) is 2.12. The maximum absolute atomic E-state index is 11.1. The van der Waals surface area contributed by atoms with Crippen LogP contribution in [0.1, 0.15) is 19.8 Å². The summed E-state index contributed by atoms with van der Waals surface area (Å²) in [7, 11) is 1.40. The second-order valence-corrected chi connectivity index (χ2v) is 4.02. The molecule has 1 heterocycles. The van der Waals surface area contributed by atoms with Gasteiger partial charge in [0, 0.05) is 19.8 Å². The second-order valence-electron chi connectivity index (χ2n) is 4.02. The average molecular weight is 216 g/mol. The monoisotopic (exact) mass is 216 g/mol. The van der Waals surface area contributed by atoms with Gasteiger partial charge in [-0.1, -0.05) is 0 Å². The van der Waals surface area contributed by atoms with Crippen molar-refractivity contribution in [2.45, 2.75) is 19.8 Å². The van der Waals surface area contributed by atoms with Crippen molar-refractivity contribution < 1.29 is 19.0 Å². The topological polar surface area (TPSA) is 44.8 Å². The van der Waals surface area contributed by atoms with Gasteiger partial charge in [-0.15, -0.1) is 0 Å². The third-order valence-corrected chi connectivity index (χ3v) is 2.67. The highest BCUT2D eigenvalue weighted by Crippen LogP contribution is 2.15.